The topological polar surface area (TPSA) is 53.4 Å². The van der Waals surface area contributed by atoms with Crippen LogP contribution in [0.2, 0.25) is 0 Å². The van der Waals surface area contributed by atoms with Gasteiger partial charge in [-0.1, -0.05) is 24.3 Å². The number of amides is 1. The number of rotatable bonds is 3. The normalized spacial score (nSPS) is 19.3. The molecule has 0 radical (unpaired) electrons. The fourth-order valence-electron chi connectivity index (χ4n) is 2.46. The van der Waals surface area contributed by atoms with E-state index >= 15 is 0 Å². The molecular formula is C15H16N2O2. The number of carbonyl (C=O) groups is 1. The van der Waals surface area contributed by atoms with Crippen molar-refractivity contribution in [1.82, 2.24) is 9.88 Å². The van der Waals surface area contributed by atoms with Crippen molar-refractivity contribution >= 4 is 16.8 Å². The predicted octanol–water partition coefficient (Wildman–Crippen LogP) is 1.37. The summed E-state index contributed by atoms with van der Waals surface area (Å²) in [5, 5.41) is 10.6. The maximum Gasteiger partial charge on any atom is 0.225 e. The molecule has 98 valence electrons. The standard InChI is InChI=1S/C15H16N2O2/c18-13-9-15(19)17(10-13)8-7-12-6-5-11-3-1-2-4-14(11)16-12/h1-6,13,18H,7-10H2. The van der Waals surface area contributed by atoms with Gasteiger partial charge in [0.05, 0.1) is 18.0 Å². The number of fused-ring (bicyclic) bond motifs is 1. The zero-order valence-electron chi connectivity index (χ0n) is 10.6. The summed E-state index contributed by atoms with van der Waals surface area (Å²) in [6, 6.07) is 12.0. The Labute approximate surface area is 111 Å². The number of hydrogen-bond donors (Lipinski definition) is 1. The summed E-state index contributed by atoms with van der Waals surface area (Å²) in [6.07, 6.45) is 0.478. The van der Waals surface area contributed by atoms with Crippen LogP contribution in [0.4, 0.5) is 0 Å². The molecular weight excluding hydrogens is 240 g/mol. The third-order valence-corrected chi connectivity index (χ3v) is 3.49. The van der Waals surface area contributed by atoms with Gasteiger partial charge in [0, 0.05) is 30.6 Å². The minimum atomic E-state index is -0.503. The monoisotopic (exact) mass is 256 g/mol. The molecule has 3 rings (SSSR count). The number of β-amino-alcohol motifs (C(OH)–C–C–N with tert-alkyl or cyclic N) is 1. The molecule has 1 fully saturated rings. The third kappa shape index (κ3) is 2.58. The highest BCUT2D eigenvalue weighted by atomic mass is 16.3. The van der Waals surface area contributed by atoms with Crippen molar-refractivity contribution in [3.63, 3.8) is 0 Å². The summed E-state index contributed by atoms with van der Waals surface area (Å²) >= 11 is 0. The highest BCUT2D eigenvalue weighted by molar-refractivity contribution is 5.79. The minimum Gasteiger partial charge on any atom is -0.391 e. The second-order valence-corrected chi connectivity index (χ2v) is 4.94. The lowest BCUT2D eigenvalue weighted by Gasteiger charge is -2.15. The second kappa shape index (κ2) is 4.97. The van der Waals surface area contributed by atoms with E-state index in [2.05, 4.69) is 11.1 Å². The van der Waals surface area contributed by atoms with Gasteiger partial charge in [0.1, 0.15) is 0 Å². The lowest BCUT2D eigenvalue weighted by Crippen LogP contribution is -2.28. The number of benzene rings is 1. The highest BCUT2D eigenvalue weighted by Crippen LogP contribution is 2.14. The van der Waals surface area contributed by atoms with E-state index in [4.69, 9.17) is 0 Å². The van der Waals surface area contributed by atoms with Crippen LogP contribution in [-0.4, -0.2) is 40.1 Å². The highest BCUT2D eigenvalue weighted by Gasteiger charge is 2.27. The van der Waals surface area contributed by atoms with Gasteiger partial charge in [0.25, 0.3) is 0 Å². The van der Waals surface area contributed by atoms with Crippen LogP contribution in [0.25, 0.3) is 10.9 Å². The molecule has 1 aliphatic heterocycles. The van der Waals surface area contributed by atoms with Crippen molar-refractivity contribution < 1.29 is 9.90 Å². The molecule has 0 aliphatic carbocycles. The molecule has 0 spiro atoms. The summed E-state index contributed by atoms with van der Waals surface area (Å²) in [6.45, 7) is 1.08. The fourth-order valence-corrected chi connectivity index (χ4v) is 2.46. The zero-order chi connectivity index (χ0) is 13.2. The average Bonchev–Trinajstić information content (AvgIpc) is 2.74. The van der Waals surface area contributed by atoms with Gasteiger partial charge in [-0.05, 0) is 12.1 Å². The lowest BCUT2D eigenvalue weighted by molar-refractivity contribution is -0.127. The van der Waals surface area contributed by atoms with Crippen LogP contribution in [0, 0.1) is 0 Å². The quantitative estimate of drug-likeness (QED) is 0.902. The Kier molecular flexibility index (Phi) is 3.17. The van der Waals surface area contributed by atoms with Crippen molar-refractivity contribution in [2.24, 2.45) is 0 Å². The van der Waals surface area contributed by atoms with E-state index < -0.39 is 6.10 Å². The van der Waals surface area contributed by atoms with Crippen molar-refractivity contribution in [3.05, 3.63) is 42.1 Å². The number of aliphatic hydroxyl groups is 1. The van der Waals surface area contributed by atoms with Gasteiger partial charge in [-0.25, -0.2) is 0 Å². The molecule has 1 atom stereocenters. The Balaban J connectivity index is 1.70. The SMILES string of the molecule is O=C1CC(O)CN1CCc1ccc2ccccc2n1. The molecule has 1 aliphatic rings. The van der Waals surface area contributed by atoms with E-state index in [1.807, 2.05) is 30.3 Å². The van der Waals surface area contributed by atoms with Crippen LogP contribution in [0.3, 0.4) is 0 Å². The molecule has 4 heteroatoms. The first kappa shape index (κ1) is 12.1. The Morgan fingerprint density at radius 2 is 2.11 bits per heavy atom. The summed E-state index contributed by atoms with van der Waals surface area (Å²) in [5.41, 5.74) is 1.96. The van der Waals surface area contributed by atoms with Crippen LogP contribution in [0.15, 0.2) is 36.4 Å². The van der Waals surface area contributed by atoms with E-state index in [9.17, 15) is 9.90 Å². The number of hydrogen-bond acceptors (Lipinski definition) is 3. The molecule has 4 nitrogen and oxygen atoms in total. The van der Waals surface area contributed by atoms with Crippen molar-refractivity contribution in [2.45, 2.75) is 18.9 Å². The Morgan fingerprint density at radius 3 is 2.89 bits per heavy atom. The first-order chi connectivity index (χ1) is 9.22. The maximum atomic E-state index is 11.6. The van der Waals surface area contributed by atoms with E-state index in [1.54, 1.807) is 4.90 Å². The van der Waals surface area contributed by atoms with E-state index in [0.29, 0.717) is 13.1 Å². The fraction of sp³-hybridized carbons (Fsp3) is 0.333. The summed E-state index contributed by atoms with van der Waals surface area (Å²) in [5.74, 6) is 0.0355. The predicted molar refractivity (Wildman–Crippen MR) is 72.7 cm³/mol. The van der Waals surface area contributed by atoms with Crippen LogP contribution in [0.5, 0.6) is 0 Å². The van der Waals surface area contributed by atoms with Gasteiger partial charge in [-0.2, -0.15) is 0 Å². The van der Waals surface area contributed by atoms with E-state index in [0.717, 1.165) is 23.0 Å². The van der Waals surface area contributed by atoms with Gasteiger partial charge in [-0.3, -0.25) is 9.78 Å². The number of para-hydroxylation sites is 1. The average molecular weight is 256 g/mol. The maximum absolute atomic E-state index is 11.6. The molecule has 1 aromatic carbocycles. The molecule has 1 saturated heterocycles. The number of aromatic nitrogens is 1. The number of aliphatic hydroxyl groups excluding tert-OH is 1. The largest absolute Gasteiger partial charge is 0.391 e. The summed E-state index contributed by atoms with van der Waals surface area (Å²) in [7, 11) is 0. The van der Waals surface area contributed by atoms with Crippen LogP contribution >= 0.6 is 0 Å². The minimum absolute atomic E-state index is 0.0355. The van der Waals surface area contributed by atoms with Gasteiger partial charge in [0.15, 0.2) is 0 Å². The smallest absolute Gasteiger partial charge is 0.225 e. The first-order valence-electron chi connectivity index (χ1n) is 6.53. The molecule has 1 aromatic heterocycles. The van der Waals surface area contributed by atoms with Crippen molar-refractivity contribution in [3.8, 4) is 0 Å². The summed E-state index contributed by atoms with van der Waals surface area (Å²) < 4.78 is 0. The Hall–Kier alpha value is -1.94. The molecule has 1 amide bonds. The zero-order valence-corrected chi connectivity index (χ0v) is 10.6. The molecule has 1 unspecified atom stereocenters. The molecule has 0 saturated carbocycles. The number of likely N-dealkylation sites (tertiary alicyclic amines) is 1. The first-order valence-corrected chi connectivity index (χ1v) is 6.53. The van der Waals surface area contributed by atoms with Crippen LogP contribution in [-0.2, 0) is 11.2 Å². The van der Waals surface area contributed by atoms with Crippen molar-refractivity contribution in [1.29, 1.82) is 0 Å². The number of nitrogens with zero attached hydrogens (tertiary/aromatic N) is 2. The van der Waals surface area contributed by atoms with Gasteiger partial charge in [-0.15, -0.1) is 0 Å². The number of pyridine rings is 1. The molecule has 0 bridgehead atoms. The molecule has 2 aromatic rings. The van der Waals surface area contributed by atoms with E-state index in [1.165, 1.54) is 0 Å². The second-order valence-electron chi connectivity index (χ2n) is 4.94. The van der Waals surface area contributed by atoms with Crippen LogP contribution < -0.4 is 0 Å². The van der Waals surface area contributed by atoms with Gasteiger partial charge >= 0.3 is 0 Å². The van der Waals surface area contributed by atoms with Gasteiger partial charge < -0.3 is 10.0 Å². The third-order valence-electron chi connectivity index (χ3n) is 3.49. The molecule has 1 N–H and O–H groups in total. The van der Waals surface area contributed by atoms with Crippen molar-refractivity contribution in [2.75, 3.05) is 13.1 Å². The summed E-state index contributed by atoms with van der Waals surface area (Å²) in [4.78, 5) is 17.9. The molecule has 19 heavy (non-hydrogen) atoms. The van der Waals surface area contributed by atoms with Crippen LogP contribution in [0.1, 0.15) is 12.1 Å². The van der Waals surface area contributed by atoms with E-state index in [-0.39, 0.29) is 12.3 Å². The Morgan fingerprint density at radius 1 is 1.26 bits per heavy atom. The molecule has 2 heterocycles. The lowest BCUT2D eigenvalue weighted by atomic mass is 10.2. The Bertz CT molecular complexity index is 612. The number of carbonyl (C=O) groups excluding carboxylic acids is 1. The van der Waals surface area contributed by atoms with Gasteiger partial charge in [0.2, 0.25) is 5.91 Å².